The Morgan fingerprint density at radius 3 is 2.61 bits per heavy atom. The molecule has 12 heteroatoms. The number of hydrogen-bond donors (Lipinski definition) is 0. The molecule has 2 atom stereocenters. The van der Waals surface area contributed by atoms with Crippen molar-refractivity contribution in [1.82, 2.24) is 19.5 Å². The van der Waals surface area contributed by atoms with E-state index in [0.717, 1.165) is 0 Å². The van der Waals surface area contributed by atoms with Crippen LogP contribution in [-0.2, 0) is 24.9 Å². The molecule has 3 rings (SSSR count). The van der Waals surface area contributed by atoms with Crippen LogP contribution in [0.25, 0.3) is 11.2 Å². The molecular formula is C16H22ClF2N4O4P. The van der Waals surface area contributed by atoms with Crippen LogP contribution < -0.4 is 0 Å². The summed E-state index contributed by atoms with van der Waals surface area (Å²) in [5, 5.41) is 0.226. The molecule has 156 valence electrons. The Kier molecular flexibility index (Phi) is 6.66. The molecule has 0 saturated carbocycles. The van der Waals surface area contributed by atoms with Gasteiger partial charge in [-0.2, -0.15) is 8.78 Å². The average molecular weight is 439 g/mol. The standard InChI is InChI=1S/C16H22ClF2N4O4P/c1-3-26-28(24,27-4-2)16(18,19)5-11-7-25-8-12(11)6-23-10-22-13-14(17)20-9-21-15(13)23/h9-12H,3-8H2,1-2H3/t11-,12-/m1/s1. The molecule has 0 N–H and O–H groups in total. The zero-order valence-electron chi connectivity index (χ0n) is 15.6. The van der Waals surface area contributed by atoms with Crippen LogP contribution in [0.1, 0.15) is 20.3 Å². The van der Waals surface area contributed by atoms with Crippen LogP contribution >= 0.6 is 19.2 Å². The van der Waals surface area contributed by atoms with Gasteiger partial charge in [-0.05, 0) is 19.8 Å². The number of alkyl halides is 2. The van der Waals surface area contributed by atoms with E-state index in [1.54, 1.807) is 10.9 Å². The molecule has 0 amide bonds. The molecule has 2 aromatic heterocycles. The third kappa shape index (κ3) is 4.21. The summed E-state index contributed by atoms with van der Waals surface area (Å²) in [4.78, 5) is 12.2. The van der Waals surface area contributed by atoms with Crippen molar-refractivity contribution in [3.63, 3.8) is 0 Å². The summed E-state index contributed by atoms with van der Waals surface area (Å²) >= 11 is 6.00. The molecule has 1 aliphatic heterocycles. The van der Waals surface area contributed by atoms with Crippen molar-refractivity contribution < 1.29 is 27.1 Å². The molecule has 0 radical (unpaired) electrons. The quantitative estimate of drug-likeness (QED) is 0.432. The lowest BCUT2D eigenvalue weighted by atomic mass is 9.93. The zero-order valence-corrected chi connectivity index (χ0v) is 17.2. The van der Waals surface area contributed by atoms with Gasteiger partial charge in [-0.1, -0.05) is 11.6 Å². The van der Waals surface area contributed by atoms with E-state index in [0.29, 0.717) is 24.3 Å². The van der Waals surface area contributed by atoms with E-state index >= 15 is 0 Å². The van der Waals surface area contributed by atoms with Gasteiger partial charge in [0.25, 0.3) is 0 Å². The van der Waals surface area contributed by atoms with Gasteiger partial charge in [0.2, 0.25) is 0 Å². The molecule has 0 spiro atoms. The fourth-order valence-electron chi connectivity index (χ4n) is 3.30. The van der Waals surface area contributed by atoms with Crippen LogP contribution in [0.5, 0.6) is 0 Å². The molecule has 28 heavy (non-hydrogen) atoms. The fourth-order valence-corrected chi connectivity index (χ4v) is 5.07. The van der Waals surface area contributed by atoms with Gasteiger partial charge in [0.05, 0.1) is 32.8 Å². The van der Waals surface area contributed by atoms with Crippen molar-refractivity contribution in [2.75, 3.05) is 26.4 Å². The Morgan fingerprint density at radius 1 is 1.25 bits per heavy atom. The molecule has 0 bridgehead atoms. The van der Waals surface area contributed by atoms with Gasteiger partial charge in [-0.15, -0.1) is 0 Å². The van der Waals surface area contributed by atoms with Crippen LogP contribution in [0.3, 0.4) is 0 Å². The first-order valence-electron chi connectivity index (χ1n) is 8.97. The second-order valence-electron chi connectivity index (χ2n) is 6.49. The van der Waals surface area contributed by atoms with Crippen molar-refractivity contribution in [2.45, 2.75) is 32.5 Å². The van der Waals surface area contributed by atoms with E-state index in [9.17, 15) is 13.3 Å². The normalized spacial score (nSPS) is 20.9. The number of imidazole rings is 1. The minimum absolute atomic E-state index is 0.126. The third-order valence-corrected chi connectivity index (χ3v) is 7.08. The van der Waals surface area contributed by atoms with Crippen molar-refractivity contribution in [3.8, 4) is 0 Å². The number of ether oxygens (including phenoxy) is 1. The van der Waals surface area contributed by atoms with Gasteiger partial charge in [0.15, 0.2) is 10.8 Å². The summed E-state index contributed by atoms with van der Waals surface area (Å²) in [6.07, 6.45) is 2.21. The Labute approximate surface area is 166 Å². The van der Waals surface area contributed by atoms with Crippen LogP contribution in [0, 0.1) is 11.8 Å². The van der Waals surface area contributed by atoms with Crippen molar-refractivity contribution in [1.29, 1.82) is 0 Å². The molecule has 0 aromatic carbocycles. The summed E-state index contributed by atoms with van der Waals surface area (Å²) in [5.74, 6) is -0.771. The summed E-state index contributed by atoms with van der Waals surface area (Å²) in [7, 11) is -4.56. The first-order chi connectivity index (χ1) is 13.3. The van der Waals surface area contributed by atoms with Gasteiger partial charge < -0.3 is 18.4 Å². The average Bonchev–Trinajstić information content (AvgIpc) is 3.24. The zero-order chi connectivity index (χ0) is 20.4. The van der Waals surface area contributed by atoms with Crippen LogP contribution in [-0.4, -0.2) is 51.6 Å². The predicted molar refractivity (Wildman–Crippen MR) is 98.6 cm³/mol. The molecular weight excluding hydrogens is 417 g/mol. The SMILES string of the molecule is CCOP(=O)(OCC)C(F)(F)C[C@@H]1COC[C@H]1Cn1cnc2c(Cl)ncnc21. The van der Waals surface area contributed by atoms with Crippen LogP contribution in [0.15, 0.2) is 12.7 Å². The van der Waals surface area contributed by atoms with Gasteiger partial charge in [-0.3, -0.25) is 4.57 Å². The van der Waals surface area contributed by atoms with Crippen LogP contribution in [0.2, 0.25) is 5.15 Å². The Bertz CT molecular complexity index is 858. The second-order valence-corrected chi connectivity index (χ2v) is 9.02. The van der Waals surface area contributed by atoms with Crippen molar-refractivity contribution in [3.05, 3.63) is 17.8 Å². The Balaban J connectivity index is 1.77. The van der Waals surface area contributed by atoms with E-state index in [4.69, 9.17) is 25.4 Å². The van der Waals surface area contributed by atoms with Crippen molar-refractivity contribution >= 4 is 30.4 Å². The number of fused-ring (bicyclic) bond motifs is 1. The summed E-state index contributed by atoms with van der Waals surface area (Å²) in [5.41, 5.74) is -2.65. The smallest absolute Gasteiger partial charge is 0.381 e. The first kappa shape index (κ1) is 21.5. The Morgan fingerprint density at radius 2 is 1.93 bits per heavy atom. The second kappa shape index (κ2) is 8.67. The van der Waals surface area contributed by atoms with Gasteiger partial charge in [0, 0.05) is 18.9 Å². The molecule has 0 unspecified atom stereocenters. The third-order valence-electron chi connectivity index (χ3n) is 4.62. The van der Waals surface area contributed by atoms with Crippen LogP contribution in [0.4, 0.5) is 8.78 Å². The van der Waals surface area contributed by atoms with Gasteiger partial charge in [-0.25, -0.2) is 15.0 Å². The fraction of sp³-hybridized carbons (Fsp3) is 0.688. The highest BCUT2D eigenvalue weighted by atomic mass is 35.5. The highest BCUT2D eigenvalue weighted by Gasteiger charge is 2.55. The number of rotatable bonds is 9. The molecule has 0 aliphatic carbocycles. The predicted octanol–water partition coefficient (Wildman–Crippen LogP) is 3.99. The largest absolute Gasteiger partial charge is 0.399 e. The number of hydrogen-bond acceptors (Lipinski definition) is 7. The van der Waals surface area contributed by atoms with Gasteiger partial charge >= 0.3 is 13.3 Å². The van der Waals surface area contributed by atoms with E-state index < -0.39 is 25.6 Å². The minimum Gasteiger partial charge on any atom is -0.381 e. The molecule has 8 nitrogen and oxygen atoms in total. The maximum Gasteiger partial charge on any atom is 0.399 e. The van der Waals surface area contributed by atoms with Crippen molar-refractivity contribution in [2.24, 2.45) is 11.8 Å². The summed E-state index contributed by atoms with van der Waals surface area (Å²) < 4.78 is 59.1. The maximum atomic E-state index is 14.8. The lowest BCUT2D eigenvalue weighted by Crippen LogP contribution is -2.28. The highest BCUT2D eigenvalue weighted by molar-refractivity contribution is 7.55. The lowest BCUT2D eigenvalue weighted by Gasteiger charge is -2.29. The number of halogens is 3. The number of nitrogens with zero attached hydrogens (tertiary/aromatic N) is 4. The number of aromatic nitrogens is 4. The monoisotopic (exact) mass is 438 g/mol. The highest BCUT2D eigenvalue weighted by Crippen LogP contribution is 2.64. The minimum atomic E-state index is -4.56. The van der Waals surface area contributed by atoms with E-state index in [2.05, 4.69) is 15.0 Å². The molecule has 1 aliphatic rings. The molecule has 1 fully saturated rings. The molecule has 3 heterocycles. The first-order valence-corrected chi connectivity index (χ1v) is 10.9. The van der Waals surface area contributed by atoms with E-state index in [1.165, 1.54) is 20.2 Å². The summed E-state index contributed by atoms with van der Waals surface area (Å²) in [6.45, 7) is 3.55. The maximum absolute atomic E-state index is 14.8. The van der Waals surface area contributed by atoms with E-state index in [-0.39, 0.29) is 30.9 Å². The molecule has 1 saturated heterocycles. The van der Waals surface area contributed by atoms with E-state index in [1.807, 2.05) is 0 Å². The van der Waals surface area contributed by atoms with Gasteiger partial charge in [0.1, 0.15) is 11.8 Å². The summed E-state index contributed by atoms with van der Waals surface area (Å²) in [6, 6.07) is 0. The molecule has 2 aromatic rings. The lowest BCUT2D eigenvalue weighted by molar-refractivity contribution is 0.0118. The topological polar surface area (TPSA) is 88.4 Å². The Hall–Kier alpha value is -1.19.